The van der Waals surface area contributed by atoms with Crippen LogP contribution in [0, 0.1) is 0 Å². The molecule has 0 spiro atoms. The Kier molecular flexibility index (Phi) is 1.57. The second-order valence-electron chi connectivity index (χ2n) is 2.22. The molecule has 0 radical (unpaired) electrons. The summed E-state index contributed by atoms with van der Waals surface area (Å²) < 4.78 is 21.5. The maximum Gasteiger partial charge on any atom is 0.159 e. The van der Waals surface area contributed by atoms with Gasteiger partial charge >= 0.3 is 0 Å². The van der Waals surface area contributed by atoms with E-state index in [1.165, 1.54) is 0 Å². The molecule has 4 heteroatoms. The van der Waals surface area contributed by atoms with Crippen molar-refractivity contribution in [2.75, 3.05) is 11.5 Å². The van der Waals surface area contributed by atoms with Crippen LogP contribution in [0.3, 0.4) is 0 Å². The molecule has 1 aliphatic heterocycles. The highest BCUT2D eigenvalue weighted by Gasteiger charge is 2.22. The topological polar surface area (TPSA) is 34.1 Å². The van der Waals surface area contributed by atoms with E-state index in [0.717, 1.165) is 5.57 Å². The Morgan fingerprint density at radius 2 is 2.00 bits per heavy atom. The maximum absolute atomic E-state index is 10.7. The standard InChI is InChI=1S/C5H7ClO2S/c1-4-2-9(7,8)3-5(4)6/h2-3H2,1H3. The summed E-state index contributed by atoms with van der Waals surface area (Å²) in [6.07, 6.45) is 0. The average molecular weight is 167 g/mol. The predicted molar refractivity (Wildman–Crippen MR) is 37.2 cm³/mol. The zero-order chi connectivity index (χ0) is 7.07. The largest absolute Gasteiger partial charge is 0.228 e. The Hall–Kier alpha value is -0.0200. The van der Waals surface area contributed by atoms with Crippen molar-refractivity contribution in [1.82, 2.24) is 0 Å². The lowest BCUT2D eigenvalue weighted by Crippen LogP contribution is -2.02. The zero-order valence-corrected chi connectivity index (χ0v) is 6.59. The van der Waals surface area contributed by atoms with Crippen LogP contribution in [0.15, 0.2) is 10.6 Å². The number of rotatable bonds is 0. The van der Waals surface area contributed by atoms with Crippen LogP contribution >= 0.6 is 11.6 Å². The number of hydrogen-bond acceptors (Lipinski definition) is 2. The van der Waals surface area contributed by atoms with Gasteiger partial charge in [0.2, 0.25) is 0 Å². The van der Waals surface area contributed by atoms with Crippen LogP contribution in [0.5, 0.6) is 0 Å². The lowest BCUT2D eigenvalue weighted by molar-refractivity contribution is 0.603. The summed E-state index contributed by atoms with van der Waals surface area (Å²) in [4.78, 5) is 0. The van der Waals surface area contributed by atoms with Crippen molar-refractivity contribution >= 4 is 21.4 Å². The van der Waals surface area contributed by atoms with Crippen molar-refractivity contribution in [1.29, 1.82) is 0 Å². The van der Waals surface area contributed by atoms with E-state index in [9.17, 15) is 8.42 Å². The highest BCUT2D eigenvalue weighted by Crippen LogP contribution is 2.21. The second kappa shape index (κ2) is 1.99. The fraction of sp³-hybridized carbons (Fsp3) is 0.600. The van der Waals surface area contributed by atoms with Gasteiger partial charge in [0, 0.05) is 5.03 Å². The first-order valence-electron chi connectivity index (χ1n) is 2.56. The van der Waals surface area contributed by atoms with E-state index >= 15 is 0 Å². The summed E-state index contributed by atoms with van der Waals surface area (Å²) in [7, 11) is -2.85. The van der Waals surface area contributed by atoms with E-state index in [4.69, 9.17) is 11.6 Å². The van der Waals surface area contributed by atoms with Gasteiger partial charge in [-0.3, -0.25) is 0 Å². The molecular formula is C5H7ClO2S. The van der Waals surface area contributed by atoms with E-state index in [2.05, 4.69) is 0 Å². The number of sulfone groups is 1. The third-order valence-corrected chi connectivity index (χ3v) is 3.46. The fourth-order valence-electron chi connectivity index (χ4n) is 0.775. The molecule has 1 rings (SSSR count). The van der Waals surface area contributed by atoms with Gasteiger partial charge in [0.05, 0.1) is 11.5 Å². The first-order valence-corrected chi connectivity index (χ1v) is 4.76. The summed E-state index contributed by atoms with van der Waals surface area (Å²) in [5, 5.41) is 0.495. The monoisotopic (exact) mass is 166 g/mol. The smallest absolute Gasteiger partial charge is 0.159 e. The summed E-state index contributed by atoms with van der Waals surface area (Å²) >= 11 is 5.55. The summed E-state index contributed by atoms with van der Waals surface area (Å²) in [5.41, 5.74) is 0.789. The molecular weight excluding hydrogens is 160 g/mol. The van der Waals surface area contributed by atoms with E-state index < -0.39 is 9.84 Å². The van der Waals surface area contributed by atoms with Gasteiger partial charge in [-0.05, 0) is 12.5 Å². The van der Waals surface area contributed by atoms with Gasteiger partial charge in [0.1, 0.15) is 0 Å². The van der Waals surface area contributed by atoms with Crippen molar-refractivity contribution in [2.24, 2.45) is 0 Å². The predicted octanol–water partition coefficient (Wildman–Crippen LogP) is 0.928. The molecule has 0 saturated carbocycles. The molecule has 0 aromatic rings. The molecule has 0 N–H and O–H groups in total. The van der Waals surface area contributed by atoms with Crippen LogP contribution in [-0.4, -0.2) is 19.9 Å². The van der Waals surface area contributed by atoms with Crippen LogP contribution in [0.25, 0.3) is 0 Å². The van der Waals surface area contributed by atoms with Gasteiger partial charge in [-0.15, -0.1) is 0 Å². The quantitative estimate of drug-likeness (QED) is 0.537. The zero-order valence-electron chi connectivity index (χ0n) is 5.02. The van der Waals surface area contributed by atoms with Crippen LogP contribution in [0.4, 0.5) is 0 Å². The first-order chi connectivity index (χ1) is 4.01. The number of hydrogen-bond donors (Lipinski definition) is 0. The highest BCUT2D eigenvalue weighted by atomic mass is 35.5. The molecule has 0 atom stereocenters. The molecule has 9 heavy (non-hydrogen) atoms. The van der Waals surface area contributed by atoms with Gasteiger partial charge < -0.3 is 0 Å². The molecule has 1 heterocycles. The van der Waals surface area contributed by atoms with E-state index in [0.29, 0.717) is 5.03 Å². The average Bonchev–Trinajstić information content (AvgIpc) is 1.79. The molecule has 2 nitrogen and oxygen atoms in total. The van der Waals surface area contributed by atoms with Crippen LogP contribution < -0.4 is 0 Å². The van der Waals surface area contributed by atoms with Crippen molar-refractivity contribution in [3.63, 3.8) is 0 Å². The van der Waals surface area contributed by atoms with Gasteiger partial charge in [-0.25, -0.2) is 8.42 Å². The van der Waals surface area contributed by atoms with Crippen molar-refractivity contribution < 1.29 is 8.42 Å². The molecule has 0 aliphatic carbocycles. The Morgan fingerprint density at radius 3 is 2.11 bits per heavy atom. The molecule has 0 unspecified atom stereocenters. The molecule has 0 fully saturated rings. The minimum absolute atomic E-state index is 0.0421. The third kappa shape index (κ3) is 1.46. The summed E-state index contributed by atoms with van der Waals surface area (Å²) in [6.45, 7) is 1.74. The van der Waals surface area contributed by atoms with Crippen molar-refractivity contribution in [3.8, 4) is 0 Å². The number of halogens is 1. The van der Waals surface area contributed by atoms with E-state index in [1.807, 2.05) is 0 Å². The van der Waals surface area contributed by atoms with Crippen LogP contribution in [0.1, 0.15) is 6.92 Å². The fourth-order valence-corrected chi connectivity index (χ4v) is 2.99. The Balaban J connectivity index is 2.95. The normalized spacial score (nSPS) is 25.1. The lowest BCUT2D eigenvalue weighted by Gasteiger charge is -1.85. The minimum Gasteiger partial charge on any atom is -0.228 e. The molecule has 0 aromatic heterocycles. The third-order valence-electron chi connectivity index (χ3n) is 1.25. The molecule has 1 aliphatic rings. The van der Waals surface area contributed by atoms with Crippen LogP contribution in [0.2, 0.25) is 0 Å². The maximum atomic E-state index is 10.7. The van der Waals surface area contributed by atoms with Gasteiger partial charge in [-0.2, -0.15) is 0 Å². The molecule has 0 bridgehead atoms. The minimum atomic E-state index is -2.85. The van der Waals surface area contributed by atoms with Crippen molar-refractivity contribution in [2.45, 2.75) is 6.92 Å². The van der Waals surface area contributed by atoms with Gasteiger partial charge in [0.15, 0.2) is 9.84 Å². The summed E-state index contributed by atoms with van der Waals surface area (Å²) in [5.74, 6) is 0.187. The SMILES string of the molecule is CC1=C(Cl)CS(=O)(=O)C1. The van der Waals surface area contributed by atoms with Gasteiger partial charge in [-0.1, -0.05) is 11.6 Å². The Bertz CT molecular complexity index is 230. The second-order valence-corrected chi connectivity index (χ2v) is 4.74. The molecule has 0 saturated heterocycles. The highest BCUT2D eigenvalue weighted by molar-refractivity contribution is 7.92. The Morgan fingerprint density at radius 1 is 1.44 bits per heavy atom. The van der Waals surface area contributed by atoms with Crippen LogP contribution in [-0.2, 0) is 9.84 Å². The van der Waals surface area contributed by atoms with Crippen molar-refractivity contribution in [3.05, 3.63) is 10.6 Å². The molecule has 0 aromatic carbocycles. The van der Waals surface area contributed by atoms with E-state index in [1.54, 1.807) is 6.92 Å². The Labute approximate surface area is 59.4 Å². The van der Waals surface area contributed by atoms with E-state index in [-0.39, 0.29) is 11.5 Å². The first kappa shape index (κ1) is 7.09. The molecule has 52 valence electrons. The molecule has 0 amide bonds. The van der Waals surface area contributed by atoms with Gasteiger partial charge in [0.25, 0.3) is 0 Å². The lowest BCUT2D eigenvalue weighted by atomic mass is 10.3. The summed E-state index contributed by atoms with van der Waals surface area (Å²) in [6, 6.07) is 0.